The van der Waals surface area contributed by atoms with Crippen LogP contribution in [0.4, 0.5) is 0 Å². The number of aryl methyl sites for hydroxylation is 2. The number of rotatable bonds is 5. The first-order chi connectivity index (χ1) is 12.7. The smallest absolute Gasteiger partial charge is 0.221 e. The highest BCUT2D eigenvalue weighted by Crippen LogP contribution is 2.34. The van der Waals surface area contributed by atoms with Gasteiger partial charge in [0.1, 0.15) is 0 Å². The first-order valence-electron chi connectivity index (χ1n) is 8.81. The molecule has 3 rings (SSSR count). The lowest BCUT2D eigenvalue weighted by atomic mass is 9.97. The molecule has 0 aliphatic rings. The van der Waals surface area contributed by atoms with E-state index in [0.29, 0.717) is 33.3 Å². The van der Waals surface area contributed by atoms with Crippen LogP contribution in [0.5, 0.6) is 0 Å². The highest BCUT2D eigenvalue weighted by atomic mass is 35.5. The van der Waals surface area contributed by atoms with Gasteiger partial charge in [-0.2, -0.15) is 0 Å². The fourth-order valence-corrected chi connectivity index (χ4v) is 3.44. The van der Waals surface area contributed by atoms with Gasteiger partial charge in [-0.15, -0.1) is 10.2 Å². The van der Waals surface area contributed by atoms with E-state index in [-0.39, 0.29) is 5.41 Å². The highest BCUT2D eigenvalue weighted by molar-refractivity contribution is 6.37. The molecular weight excluding hydrogens is 403 g/mol. The minimum Gasteiger partial charge on any atom is -0.425 e. The van der Waals surface area contributed by atoms with E-state index in [0.717, 1.165) is 29.5 Å². The summed E-state index contributed by atoms with van der Waals surface area (Å²) in [6.45, 7) is 6.15. The lowest BCUT2D eigenvalue weighted by Crippen LogP contribution is -2.11. The maximum absolute atomic E-state index is 6.40. The molecule has 0 amide bonds. The normalized spacial score (nSPS) is 11.8. The topological polar surface area (TPSA) is 38.9 Å². The van der Waals surface area contributed by atoms with Crippen LogP contribution < -0.4 is 0 Å². The van der Waals surface area contributed by atoms with Crippen molar-refractivity contribution in [2.45, 2.75) is 45.4 Å². The zero-order valence-electron chi connectivity index (χ0n) is 15.5. The predicted octanol–water partition coefficient (Wildman–Crippen LogP) is 7.17. The molecule has 3 nitrogen and oxygen atoms in total. The van der Waals surface area contributed by atoms with Gasteiger partial charge in [0.2, 0.25) is 11.8 Å². The van der Waals surface area contributed by atoms with E-state index in [2.05, 4.69) is 31.0 Å². The van der Waals surface area contributed by atoms with Crippen molar-refractivity contribution in [2.24, 2.45) is 0 Å². The van der Waals surface area contributed by atoms with Crippen LogP contribution in [0.2, 0.25) is 15.1 Å². The molecule has 3 aromatic rings. The van der Waals surface area contributed by atoms with Gasteiger partial charge >= 0.3 is 0 Å². The summed E-state index contributed by atoms with van der Waals surface area (Å²) in [5.74, 6) is 1.31. The third-order valence-electron chi connectivity index (χ3n) is 4.24. The van der Waals surface area contributed by atoms with Crippen molar-refractivity contribution in [3.05, 3.63) is 68.8 Å². The van der Waals surface area contributed by atoms with Crippen molar-refractivity contribution in [3.63, 3.8) is 0 Å². The van der Waals surface area contributed by atoms with Crippen molar-refractivity contribution < 1.29 is 4.42 Å². The lowest BCUT2D eigenvalue weighted by molar-refractivity contribution is 0.369. The molecule has 0 bridgehead atoms. The van der Waals surface area contributed by atoms with E-state index in [9.17, 15) is 0 Å². The Morgan fingerprint density at radius 1 is 0.889 bits per heavy atom. The molecule has 142 valence electrons. The van der Waals surface area contributed by atoms with Gasteiger partial charge in [-0.05, 0) is 48.2 Å². The zero-order valence-corrected chi connectivity index (χ0v) is 17.8. The summed E-state index contributed by atoms with van der Waals surface area (Å²) < 4.78 is 5.75. The summed E-state index contributed by atoms with van der Waals surface area (Å²) in [5, 5.41) is 10.3. The molecule has 0 aliphatic carbocycles. The minimum atomic E-state index is -0.141. The molecule has 0 radical (unpaired) electrons. The van der Waals surface area contributed by atoms with E-state index >= 15 is 0 Å². The van der Waals surface area contributed by atoms with Crippen LogP contribution in [0.15, 0.2) is 40.8 Å². The van der Waals surface area contributed by atoms with Gasteiger partial charge in [0.05, 0.1) is 0 Å². The zero-order chi connectivity index (χ0) is 19.6. The average molecular weight is 424 g/mol. The Hall–Kier alpha value is -1.55. The third-order valence-corrected chi connectivity index (χ3v) is 5.15. The van der Waals surface area contributed by atoms with Crippen LogP contribution in [0, 0.1) is 0 Å². The second kappa shape index (κ2) is 8.22. The molecule has 0 spiro atoms. The van der Waals surface area contributed by atoms with Gasteiger partial charge in [-0.25, -0.2) is 0 Å². The summed E-state index contributed by atoms with van der Waals surface area (Å²) in [7, 11) is 0. The van der Waals surface area contributed by atoms with Crippen LogP contribution in [0.25, 0.3) is 11.1 Å². The molecule has 0 unspecified atom stereocenters. The summed E-state index contributed by atoms with van der Waals surface area (Å²) in [4.78, 5) is 0. The fraction of sp³-hybridized carbons (Fsp3) is 0.333. The fourth-order valence-electron chi connectivity index (χ4n) is 2.72. The van der Waals surface area contributed by atoms with Gasteiger partial charge in [0.15, 0.2) is 0 Å². The summed E-state index contributed by atoms with van der Waals surface area (Å²) >= 11 is 18.8. The van der Waals surface area contributed by atoms with E-state index < -0.39 is 0 Å². The van der Waals surface area contributed by atoms with Crippen LogP contribution in [-0.4, -0.2) is 10.2 Å². The van der Waals surface area contributed by atoms with Crippen LogP contribution >= 0.6 is 34.8 Å². The monoisotopic (exact) mass is 422 g/mol. The highest BCUT2D eigenvalue weighted by Gasteiger charge is 2.21. The summed E-state index contributed by atoms with van der Waals surface area (Å²) in [6, 6.07) is 11.4. The van der Waals surface area contributed by atoms with Crippen molar-refractivity contribution in [3.8, 4) is 11.1 Å². The van der Waals surface area contributed by atoms with Crippen molar-refractivity contribution >= 4 is 34.8 Å². The van der Waals surface area contributed by atoms with E-state index in [1.807, 2.05) is 30.3 Å². The van der Waals surface area contributed by atoms with Crippen molar-refractivity contribution in [2.75, 3.05) is 0 Å². The van der Waals surface area contributed by atoms with Crippen molar-refractivity contribution in [1.82, 2.24) is 10.2 Å². The van der Waals surface area contributed by atoms with E-state index in [1.54, 1.807) is 6.07 Å². The number of halogens is 3. The number of hydrogen-bond acceptors (Lipinski definition) is 3. The molecule has 27 heavy (non-hydrogen) atoms. The third kappa shape index (κ3) is 5.04. The number of nitrogens with zero attached hydrogens (tertiary/aromatic N) is 2. The average Bonchev–Trinajstić information content (AvgIpc) is 3.07. The molecule has 1 heterocycles. The van der Waals surface area contributed by atoms with Gasteiger partial charge in [0.25, 0.3) is 0 Å². The minimum absolute atomic E-state index is 0.141. The molecule has 0 saturated heterocycles. The molecule has 0 aliphatic heterocycles. The Morgan fingerprint density at radius 3 is 2.22 bits per heavy atom. The Kier molecular flexibility index (Phi) is 6.15. The molecular formula is C21H21Cl3N2O. The maximum Gasteiger partial charge on any atom is 0.221 e. The maximum atomic E-state index is 6.40. The SMILES string of the molecule is CC(C)(C)c1nnc(CCCc2cc(-c3ccc(Cl)cc3)c(Cl)cc2Cl)o1. The second-order valence-electron chi connectivity index (χ2n) is 7.53. The molecule has 2 aromatic carbocycles. The number of benzene rings is 2. The Morgan fingerprint density at radius 2 is 1.59 bits per heavy atom. The lowest BCUT2D eigenvalue weighted by Gasteiger charge is -2.11. The van der Waals surface area contributed by atoms with Crippen LogP contribution in [0.3, 0.4) is 0 Å². The van der Waals surface area contributed by atoms with E-state index in [4.69, 9.17) is 39.2 Å². The largest absolute Gasteiger partial charge is 0.425 e. The summed E-state index contributed by atoms with van der Waals surface area (Å²) in [5.41, 5.74) is 2.86. The second-order valence-corrected chi connectivity index (χ2v) is 8.79. The first-order valence-corrected chi connectivity index (χ1v) is 9.94. The number of hydrogen-bond donors (Lipinski definition) is 0. The molecule has 0 N–H and O–H groups in total. The number of aromatic nitrogens is 2. The Balaban J connectivity index is 1.72. The van der Waals surface area contributed by atoms with Crippen LogP contribution in [0.1, 0.15) is 44.5 Å². The molecule has 0 fully saturated rings. The predicted molar refractivity (Wildman–Crippen MR) is 112 cm³/mol. The van der Waals surface area contributed by atoms with Gasteiger partial charge in [0, 0.05) is 32.5 Å². The van der Waals surface area contributed by atoms with E-state index in [1.165, 1.54) is 0 Å². The van der Waals surface area contributed by atoms with Gasteiger partial charge in [-0.3, -0.25) is 0 Å². The molecule has 0 saturated carbocycles. The summed E-state index contributed by atoms with van der Waals surface area (Å²) in [6.07, 6.45) is 2.36. The van der Waals surface area contributed by atoms with Crippen LogP contribution in [-0.2, 0) is 18.3 Å². The Labute approximate surface area is 174 Å². The van der Waals surface area contributed by atoms with Gasteiger partial charge in [-0.1, -0.05) is 67.7 Å². The molecule has 1 aromatic heterocycles. The van der Waals surface area contributed by atoms with Crippen molar-refractivity contribution in [1.29, 1.82) is 0 Å². The Bertz CT molecular complexity index is 928. The van der Waals surface area contributed by atoms with Gasteiger partial charge < -0.3 is 4.42 Å². The molecule has 6 heteroatoms. The first kappa shape index (κ1) is 20.2. The standard InChI is InChI=1S/C21H21Cl3N2O/c1-21(2,3)20-26-25-19(27-20)6-4-5-14-11-16(18(24)12-17(14)23)13-7-9-15(22)10-8-13/h7-12H,4-6H2,1-3H3. The molecule has 0 atom stereocenters. The quantitative estimate of drug-likeness (QED) is 0.436.